The van der Waals surface area contributed by atoms with Crippen LogP contribution >= 0.6 is 0 Å². The molecule has 1 N–H and O–H groups in total. The molecule has 1 aromatic rings. The molecule has 0 spiro atoms. The minimum Gasteiger partial charge on any atom is -0.487 e. The molecular weight excluding hydrogens is 258 g/mol. The molecule has 1 atom stereocenters. The first-order valence-electron chi connectivity index (χ1n) is 6.48. The van der Waals surface area contributed by atoms with E-state index in [2.05, 4.69) is 11.4 Å². The summed E-state index contributed by atoms with van der Waals surface area (Å²) in [7, 11) is 0. The lowest BCUT2D eigenvalue weighted by Gasteiger charge is -2.15. The lowest BCUT2D eigenvalue weighted by atomic mass is 10.2. The molecule has 6 heteroatoms. The van der Waals surface area contributed by atoms with E-state index in [1.54, 1.807) is 19.1 Å². The van der Waals surface area contributed by atoms with E-state index in [1.165, 1.54) is 6.07 Å². The fraction of sp³-hybridized carbons (Fsp3) is 0.500. The Balaban J connectivity index is 2.66. The van der Waals surface area contributed by atoms with Crippen LogP contribution in [0.25, 0.3) is 0 Å². The number of nitrogens with zero attached hydrogens (tertiary/aromatic N) is 2. The molecule has 0 aromatic heterocycles. The summed E-state index contributed by atoms with van der Waals surface area (Å²) in [5, 5.41) is 23.0. The van der Waals surface area contributed by atoms with E-state index in [-0.39, 0.29) is 30.1 Å². The number of aryl methyl sites for hydroxylation is 1. The fourth-order valence-corrected chi connectivity index (χ4v) is 1.83. The maximum Gasteiger partial charge on any atom is 0.311 e. The first kappa shape index (κ1) is 15.9. The van der Waals surface area contributed by atoms with Gasteiger partial charge >= 0.3 is 5.69 Å². The standard InChI is InChI=1S/C14H19N3O3/c1-10(2)16-12(9-15)7-8-20-14-11(3)5-4-6-13(14)17(18)19/h4-6,10,12,16H,7-8H2,1-3H3. The van der Waals surface area contributed by atoms with Gasteiger partial charge in [-0.25, -0.2) is 0 Å². The summed E-state index contributed by atoms with van der Waals surface area (Å²) < 4.78 is 5.51. The van der Waals surface area contributed by atoms with E-state index in [0.29, 0.717) is 12.0 Å². The Bertz CT molecular complexity index is 509. The van der Waals surface area contributed by atoms with Crippen molar-refractivity contribution in [2.24, 2.45) is 0 Å². The SMILES string of the molecule is Cc1cccc([N+](=O)[O-])c1OCCC(C#N)NC(C)C. The average Bonchev–Trinajstić information content (AvgIpc) is 2.38. The summed E-state index contributed by atoms with van der Waals surface area (Å²) >= 11 is 0. The first-order chi connectivity index (χ1) is 9.45. The van der Waals surface area contributed by atoms with Crippen LogP contribution in [0.1, 0.15) is 25.8 Å². The van der Waals surface area contributed by atoms with Gasteiger partial charge in [-0.05, 0) is 26.3 Å². The normalized spacial score (nSPS) is 11.9. The Labute approximate surface area is 118 Å². The summed E-state index contributed by atoms with van der Waals surface area (Å²) in [6.07, 6.45) is 0.472. The molecule has 108 valence electrons. The molecule has 0 saturated carbocycles. The molecule has 0 aliphatic heterocycles. The number of nitriles is 1. The number of ether oxygens (including phenoxy) is 1. The van der Waals surface area contributed by atoms with Gasteiger partial charge in [0.15, 0.2) is 5.75 Å². The highest BCUT2D eigenvalue weighted by Crippen LogP contribution is 2.30. The molecule has 0 saturated heterocycles. The molecule has 20 heavy (non-hydrogen) atoms. The van der Waals surface area contributed by atoms with Gasteiger partial charge in [0.25, 0.3) is 0 Å². The molecule has 1 unspecified atom stereocenters. The van der Waals surface area contributed by atoms with Crippen molar-refractivity contribution in [2.75, 3.05) is 6.61 Å². The molecule has 0 aliphatic carbocycles. The van der Waals surface area contributed by atoms with Crippen molar-refractivity contribution in [1.29, 1.82) is 5.26 Å². The minimum absolute atomic E-state index is 0.0460. The number of rotatable bonds is 7. The van der Waals surface area contributed by atoms with Gasteiger partial charge < -0.3 is 4.74 Å². The molecule has 1 rings (SSSR count). The molecule has 0 amide bonds. The van der Waals surface area contributed by atoms with E-state index in [1.807, 2.05) is 13.8 Å². The average molecular weight is 277 g/mol. The van der Waals surface area contributed by atoms with Crippen LogP contribution in [0, 0.1) is 28.4 Å². The second-order valence-corrected chi connectivity index (χ2v) is 4.82. The van der Waals surface area contributed by atoms with E-state index < -0.39 is 4.92 Å². The second-order valence-electron chi connectivity index (χ2n) is 4.82. The van der Waals surface area contributed by atoms with Gasteiger partial charge in [-0.2, -0.15) is 5.26 Å². The Morgan fingerprint density at radius 3 is 2.75 bits per heavy atom. The molecule has 0 fully saturated rings. The van der Waals surface area contributed by atoms with Gasteiger partial charge in [0.2, 0.25) is 0 Å². The zero-order valence-electron chi connectivity index (χ0n) is 11.9. The van der Waals surface area contributed by atoms with E-state index >= 15 is 0 Å². The van der Waals surface area contributed by atoms with E-state index in [4.69, 9.17) is 10.00 Å². The lowest BCUT2D eigenvalue weighted by Crippen LogP contribution is -2.34. The van der Waals surface area contributed by atoms with Crippen molar-refractivity contribution in [3.8, 4) is 11.8 Å². The van der Waals surface area contributed by atoms with E-state index in [0.717, 1.165) is 0 Å². The smallest absolute Gasteiger partial charge is 0.311 e. The largest absolute Gasteiger partial charge is 0.487 e. The zero-order chi connectivity index (χ0) is 15.1. The Morgan fingerprint density at radius 1 is 1.50 bits per heavy atom. The number of hydrogen-bond acceptors (Lipinski definition) is 5. The molecule has 0 bridgehead atoms. The van der Waals surface area contributed by atoms with Crippen molar-refractivity contribution in [3.63, 3.8) is 0 Å². The number of para-hydroxylation sites is 1. The number of benzene rings is 1. The van der Waals surface area contributed by atoms with Crippen molar-refractivity contribution in [1.82, 2.24) is 5.32 Å². The summed E-state index contributed by atoms with van der Waals surface area (Å²) in [5.41, 5.74) is 0.667. The van der Waals surface area contributed by atoms with Crippen molar-refractivity contribution in [3.05, 3.63) is 33.9 Å². The summed E-state index contributed by atoms with van der Waals surface area (Å²) in [5.74, 6) is 0.277. The van der Waals surface area contributed by atoms with Crippen LogP contribution in [0.4, 0.5) is 5.69 Å². The summed E-state index contributed by atoms with van der Waals surface area (Å²) in [4.78, 5) is 10.5. The van der Waals surface area contributed by atoms with Crippen LogP contribution in [0.5, 0.6) is 5.75 Å². The summed E-state index contributed by atoms with van der Waals surface area (Å²) in [6, 6.07) is 6.82. The van der Waals surface area contributed by atoms with Crippen LogP contribution in [-0.2, 0) is 0 Å². The number of nitrogens with one attached hydrogen (secondary N) is 1. The quantitative estimate of drug-likeness (QED) is 0.611. The summed E-state index contributed by atoms with van der Waals surface area (Å²) in [6.45, 7) is 5.93. The van der Waals surface area contributed by atoms with Crippen molar-refractivity contribution in [2.45, 2.75) is 39.3 Å². The molecule has 1 aromatic carbocycles. The highest BCUT2D eigenvalue weighted by Gasteiger charge is 2.17. The predicted octanol–water partition coefficient (Wildman–Crippen LogP) is 2.56. The van der Waals surface area contributed by atoms with Gasteiger partial charge in [0.1, 0.15) is 0 Å². The molecule has 0 radical (unpaired) electrons. The van der Waals surface area contributed by atoms with Crippen molar-refractivity contribution >= 4 is 5.69 Å². The fourth-order valence-electron chi connectivity index (χ4n) is 1.83. The van der Waals surface area contributed by atoms with Gasteiger partial charge in [0.05, 0.1) is 23.6 Å². The number of nitro benzene ring substituents is 1. The predicted molar refractivity (Wildman–Crippen MR) is 75.6 cm³/mol. The zero-order valence-corrected chi connectivity index (χ0v) is 11.9. The number of hydrogen-bond donors (Lipinski definition) is 1. The molecule has 0 heterocycles. The highest BCUT2D eigenvalue weighted by atomic mass is 16.6. The van der Waals surface area contributed by atoms with Gasteiger partial charge in [0, 0.05) is 18.5 Å². The maximum absolute atomic E-state index is 10.9. The van der Waals surface area contributed by atoms with Gasteiger partial charge in [-0.1, -0.05) is 12.1 Å². The van der Waals surface area contributed by atoms with Crippen LogP contribution in [0.2, 0.25) is 0 Å². The van der Waals surface area contributed by atoms with Crippen LogP contribution in [-0.4, -0.2) is 23.6 Å². The van der Waals surface area contributed by atoms with Gasteiger partial charge in [-0.15, -0.1) is 0 Å². The van der Waals surface area contributed by atoms with E-state index in [9.17, 15) is 10.1 Å². The third kappa shape index (κ3) is 4.52. The first-order valence-corrected chi connectivity index (χ1v) is 6.48. The van der Waals surface area contributed by atoms with Crippen LogP contribution in [0.15, 0.2) is 18.2 Å². The molecular formula is C14H19N3O3. The monoisotopic (exact) mass is 277 g/mol. The lowest BCUT2D eigenvalue weighted by molar-refractivity contribution is -0.385. The molecule has 6 nitrogen and oxygen atoms in total. The highest BCUT2D eigenvalue weighted by molar-refractivity contribution is 5.51. The third-order valence-corrected chi connectivity index (χ3v) is 2.73. The van der Waals surface area contributed by atoms with Gasteiger partial charge in [-0.3, -0.25) is 15.4 Å². The Hall–Kier alpha value is -2.13. The minimum atomic E-state index is -0.462. The molecule has 0 aliphatic rings. The third-order valence-electron chi connectivity index (χ3n) is 2.73. The second kappa shape index (κ2) is 7.46. The Kier molecular flexibility index (Phi) is 5.94. The maximum atomic E-state index is 10.9. The van der Waals surface area contributed by atoms with Crippen molar-refractivity contribution < 1.29 is 9.66 Å². The Morgan fingerprint density at radius 2 is 2.20 bits per heavy atom. The number of nitro groups is 1. The topological polar surface area (TPSA) is 88.2 Å². The van der Waals surface area contributed by atoms with Crippen LogP contribution in [0.3, 0.4) is 0 Å². The van der Waals surface area contributed by atoms with Crippen LogP contribution < -0.4 is 10.1 Å².